The molecule has 0 N–H and O–H groups in total. The van der Waals surface area contributed by atoms with E-state index < -0.39 is 31.6 Å². The lowest BCUT2D eigenvalue weighted by Crippen LogP contribution is -2.15. The smallest absolute Gasteiger partial charge is 0.407 e. The maximum Gasteiger partial charge on any atom is 0.425 e. The molecule has 2 heterocycles. The molecule has 6 nitrogen and oxygen atoms in total. The molecule has 12 heteroatoms. The fourth-order valence-corrected chi connectivity index (χ4v) is 3.12. The average Bonchev–Trinajstić information content (AvgIpc) is 2.80. The van der Waals surface area contributed by atoms with Crippen molar-refractivity contribution in [1.82, 2.24) is 9.55 Å². The van der Waals surface area contributed by atoms with Crippen LogP contribution in [-0.2, 0) is 15.2 Å². The maximum atomic E-state index is 12.7. The Morgan fingerprint density at radius 3 is 2.44 bits per heavy atom. The number of fused-ring (bicyclic) bond motifs is 1. The second kappa shape index (κ2) is 5.75. The summed E-state index contributed by atoms with van der Waals surface area (Å²) >= 11 is 5.82. The Kier molecular flexibility index (Phi) is 4.09. The molecule has 1 aromatic carbocycles. The highest BCUT2D eigenvalue weighted by Crippen LogP contribution is 2.32. The van der Waals surface area contributed by atoms with E-state index in [-0.39, 0.29) is 21.8 Å². The second-order valence-corrected chi connectivity index (χ2v) is 7.77. The lowest BCUT2D eigenvalue weighted by Gasteiger charge is -2.09. The van der Waals surface area contributed by atoms with Gasteiger partial charge in [0.2, 0.25) is 0 Å². The monoisotopic (exact) mass is 412 g/mol. The predicted molar refractivity (Wildman–Crippen MR) is 82.7 cm³/mol. The number of alkyl halides is 3. The molecule has 0 fully saturated rings. The molecular formula is C13H5Cl2F3N2O4S. The van der Waals surface area contributed by atoms with E-state index in [0.717, 1.165) is 16.7 Å². The molecule has 25 heavy (non-hydrogen) atoms. The van der Waals surface area contributed by atoms with Crippen LogP contribution in [0, 0.1) is 0 Å². The van der Waals surface area contributed by atoms with E-state index in [1.807, 2.05) is 0 Å². The van der Waals surface area contributed by atoms with Crippen LogP contribution < -0.4 is 5.76 Å². The third kappa shape index (κ3) is 3.24. The standard InChI is InChI=1S/C13H5Cl2F3N2O4S/c14-8-3-6(13(16,17)18)5-19-11(8)20-9-2-1-7(25(15,22)23)4-10(9)24-12(20)21/h1-5H. The summed E-state index contributed by atoms with van der Waals surface area (Å²) in [5.41, 5.74) is -1.18. The number of pyridine rings is 1. The van der Waals surface area contributed by atoms with Gasteiger partial charge >= 0.3 is 11.9 Å². The summed E-state index contributed by atoms with van der Waals surface area (Å²) < 4.78 is 66.4. The Balaban J connectivity index is 2.23. The molecule has 0 atom stereocenters. The first kappa shape index (κ1) is 17.8. The van der Waals surface area contributed by atoms with Gasteiger partial charge in [0, 0.05) is 22.9 Å². The Morgan fingerprint density at radius 1 is 1.20 bits per heavy atom. The third-order valence-electron chi connectivity index (χ3n) is 3.19. The van der Waals surface area contributed by atoms with Crippen LogP contribution in [0.2, 0.25) is 5.02 Å². The van der Waals surface area contributed by atoms with Gasteiger partial charge < -0.3 is 4.42 Å². The molecule has 0 aliphatic heterocycles. The van der Waals surface area contributed by atoms with Crippen molar-refractivity contribution < 1.29 is 26.0 Å². The van der Waals surface area contributed by atoms with Gasteiger partial charge in [-0.25, -0.2) is 22.8 Å². The molecule has 0 spiro atoms. The summed E-state index contributed by atoms with van der Waals surface area (Å²) in [5.74, 6) is -1.30. The van der Waals surface area contributed by atoms with E-state index in [1.54, 1.807) is 0 Å². The molecule has 3 aromatic rings. The van der Waals surface area contributed by atoms with Gasteiger partial charge in [0.05, 0.1) is 21.0 Å². The van der Waals surface area contributed by atoms with Crippen molar-refractivity contribution in [3.8, 4) is 5.82 Å². The molecular weight excluding hydrogens is 408 g/mol. The van der Waals surface area contributed by atoms with Crippen molar-refractivity contribution in [3.05, 3.63) is 51.6 Å². The van der Waals surface area contributed by atoms with Crippen LogP contribution in [-0.4, -0.2) is 18.0 Å². The Bertz CT molecular complexity index is 1150. The zero-order chi connectivity index (χ0) is 18.6. The molecule has 0 aliphatic rings. The molecule has 2 aromatic heterocycles. The summed E-state index contributed by atoms with van der Waals surface area (Å²) in [6.45, 7) is 0. The molecule has 132 valence electrons. The molecule has 0 saturated carbocycles. The van der Waals surface area contributed by atoms with Gasteiger partial charge in [-0.05, 0) is 18.2 Å². The number of aromatic nitrogens is 2. The van der Waals surface area contributed by atoms with Crippen molar-refractivity contribution >= 4 is 42.4 Å². The molecule has 0 unspecified atom stereocenters. The Hall–Kier alpha value is -2.04. The number of benzene rings is 1. The maximum absolute atomic E-state index is 12.7. The van der Waals surface area contributed by atoms with E-state index >= 15 is 0 Å². The van der Waals surface area contributed by atoms with E-state index in [2.05, 4.69) is 4.98 Å². The van der Waals surface area contributed by atoms with Crippen molar-refractivity contribution in [2.45, 2.75) is 11.1 Å². The average molecular weight is 413 g/mol. The lowest BCUT2D eigenvalue weighted by molar-refractivity contribution is -0.137. The summed E-state index contributed by atoms with van der Waals surface area (Å²) in [5, 5.41) is -0.436. The Morgan fingerprint density at radius 2 is 1.88 bits per heavy atom. The summed E-state index contributed by atoms with van der Waals surface area (Å²) in [6.07, 6.45) is -4.13. The molecule has 0 aliphatic carbocycles. The largest absolute Gasteiger partial charge is 0.425 e. The number of nitrogens with zero attached hydrogens (tertiary/aromatic N) is 2. The fourth-order valence-electron chi connectivity index (χ4n) is 2.10. The minimum Gasteiger partial charge on any atom is -0.407 e. The highest BCUT2D eigenvalue weighted by molar-refractivity contribution is 8.13. The molecule has 0 bridgehead atoms. The van der Waals surface area contributed by atoms with Crippen LogP contribution in [0.4, 0.5) is 13.2 Å². The van der Waals surface area contributed by atoms with Gasteiger partial charge in [0.1, 0.15) is 0 Å². The van der Waals surface area contributed by atoms with E-state index in [4.69, 9.17) is 26.7 Å². The number of hydrogen-bond acceptors (Lipinski definition) is 5. The van der Waals surface area contributed by atoms with Crippen molar-refractivity contribution in [1.29, 1.82) is 0 Å². The minimum atomic E-state index is -4.65. The summed E-state index contributed by atoms with van der Waals surface area (Å²) in [6, 6.07) is 3.93. The van der Waals surface area contributed by atoms with Gasteiger partial charge in [-0.3, -0.25) is 0 Å². The normalized spacial score (nSPS) is 12.7. The highest BCUT2D eigenvalue weighted by atomic mass is 35.7. The van der Waals surface area contributed by atoms with Crippen LogP contribution in [0.25, 0.3) is 16.9 Å². The summed E-state index contributed by atoms with van der Waals surface area (Å²) in [4.78, 5) is 15.3. The van der Waals surface area contributed by atoms with Crippen LogP contribution >= 0.6 is 22.3 Å². The zero-order valence-electron chi connectivity index (χ0n) is 11.7. The van der Waals surface area contributed by atoms with Crippen molar-refractivity contribution in [3.63, 3.8) is 0 Å². The number of oxazole rings is 1. The third-order valence-corrected chi connectivity index (χ3v) is 4.82. The highest BCUT2D eigenvalue weighted by Gasteiger charge is 2.32. The van der Waals surface area contributed by atoms with E-state index in [1.165, 1.54) is 6.07 Å². The molecule has 3 rings (SSSR count). The summed E-state index contributed by atoms with van der Waals surface area (Å²) in [7, 11) is 1.16. The van der Waals surface area contributed by atoms with Crippen LogP contribution in [0.1, 0.15) is 5.56 Å². The van der Waals surface area contributed by atoms with E-state index in [0.29, 0.717) is 12.3 Å². The first-order valence-corrected chi connectivity index (χ1v) is 9.00. The lowest BCUT2D eigenvalue weighted by atomic mass is 10.2. The van der Waals surface area contributed by atoms with Gasteiger partial charge in [0.15, 0.2) is 11.4 Å². The van der Waals surface area contributed by atoms with Gasteiger partial charge in [-0.15, -0.1) is 0 Å². The van der Waals surface area contributed by atoms with E-state index in [9.17, 15) is 26.4 Å². The quantitative estimate of drug-likeness (QED) is 0.600. The predicted octanol–water partition coefficient (Wildman–Crippen LogP) is 3.58. The number of rotatable bonds is 2. The minimum absolute atomic E-state index is 0.0585. The molecule has 0 saturated heterocycles. The molecule has 0 amide bonds. The Labute approximate surface area is 146 Å². The van der Waals surface area contributed by atoms with Gasteiger partial charge in [-0.1, -0.05) is 11.6 Å². The SMILES string of the molecule is O=c1oc2cc(S(=O)(=O)Cl)ccc2n1-c1ncc(C(F)(F)F)cc1Cl. The van der Waals surface area contributed by atoms with Crippen LogP contribution in [0.15, 0.2) is 44.6 Å². The van der Waals surface area contributed by atoms with Crippen LogP contribution in [0.3, 0.4) is 0 Å². The van der Waals surface area contributed by atoms with Crippen molar-refractivity contribution in [2.24, 2.45) is 0 Å². The number of hydrogen-bond donors (Lipinski definition) is 0. The first-order valence-electron chi connectivity index (χ1n) is 6.32. The van der Waals surface area contributed by atoms with Crippen molar-refractivity contribution in [2.75, 3.05) is 0 Å². The van der Waals surface area contributed by atoms with Gasteiger partial charge in [-0.2, -0.15) is 13.2 Å². The van der Waals surface area contributed by atoms with Crippen LogP contribution in [0.5, 0.6) is 0 Å². The second-order valence-electron chi connectivity index (χ2n) is 4.80. The van der Waals surface area contributed by atoms with Gasteiger partial charge in [0.25, 0.3) is 9.05 Å². The zero-order valence-corrected chi connectivity index (χ0v) is 14.0. The topological polar surface area (TPSA) is 82.2 Å². The number of halogens is 5. The first-order chi connectivity index (χ1) is 11.5. The molecule has 0 radical (unpaired) electrons. The fraction of sp³-hybridized carbons (Fsp3) is 0.0769.